The van der Waals surface area contributed by atoms with E-state index in [2.05, 4.69) is 9.97 Å². The molecule has 4 heteroatoms. The lowest BCUT2D eigenvalue weighted by molar-refractivity contribution is 0.405. The summed E-state index contributed by atoms with van der Waals surface area (Å²) in [6.45, 7) is 0. The van der Waals surface area contributed by atoms with Gasteiger partial charge in [0.1, 0.15) is 5.82 Å². The quantitative estimate of drug-likeness (QED) is 0.764. The second kappa shape index (κ2) is 3.75. The second-order valence-electron chi connectivity index (χ2n) is 2.95. The Hall–Kier alpha value is -1.42. The summed E-state index contributed by atoms with van der Waals surface area (Å²) in [5.74, 6) is 0.845. The minimum absolute atomic E-state index is 0.545. The zero-order chi connectivity index (χ0) is 9.97. The van der Waals surface area contributed by atoms with Crippen molar-refractivity contribution in [1.82, 2.24) is 9.97 Å². The standard InChI is InChI=1S/C10H10N2OS/c1-13-10(14)6-9-11-7-4-2-3-5-8(7)12-9/h2-5H,6H2,1H3,(H,11,12). The number of para-hydroxylation sites is 2. The van der Waals surface area contributed by atoms with E-state index in [0.717, 1.165) is 16.9 Å². The van der Waals surface area contributed by atoms with Crippen molar-refractivity contribution in [2.75, 3.05) is 7.11 Å². The van der Waals surface area contributed by atoms with Crippen LogP contribution in [-0.4, -0.2) is 22.1 Å². The Kier molecular flexibility index (Phi) is 2.45. The first-order valence-corrected chi connectivity index (χ1v) is 4.71. The van der Waals surface area contributed by atoms with Crippen molar-refractivity contribution in [3.05, 3.63) is 30.1 Å². The van der Waals surface area contributed by atoms with Crippen molar-refractivity contribution in [2.24, 2.45) is 0 Å². The first-order chi connectivity index (χ1) is 6.79. The maximum Gasteiger partial charge on any atom is 0.166 e. The fraction of sp³-hybridized carbons (Fsp3) is 0.200. The van der Waals surface area contributed by atoms with Gasteiger partial charge in [-0.1, -0.05) is 12.1 Å². The number of nitrogens with zero attached hydrogens (tertiary/aromatic N) is 1. The van der Waals surface area contributed by atoms with Gasteiger partial charge in [0.2, 0.25) is 0 Å². The van der Waals surface area contributed by atoms with Crippen molar-refractivity contribution < 1.29 is 4.74 Å². The largest absolute Gasteiger partial charge is 0.490 e. The molecule has 0 saturated heterocycles. The molecule has 1 aromatic carbocycles. The molecule has 2 rings (SSSR count). The molecule has 0 unspecified atom stereocenters. The highest BCUT2D eigenvalue weighted by molar-refractivity contribution is 7.80. The molecule has 3 nitrogen and oxygen atoms in total. The topological polar surface area (TPSA) is 37.9 Å². The van der Waals surface area contributed by atoms with Crippen LogP contribution in [-0.2, 0) is 11.2 Å². The predicted octanol–water partition coefficient (Wildman–Crippen LogP) is 2.08. The van der Waals surface area contributed by atoms with Crippen LogP contribution in [0.25, 0.3) is 11.0 Å². The summed E-state index contributed by atoms with van der Waals surface area (Å²) in [6.07, 6.45) is 0.556. The van der Waals surface area contributed by atoms with Gasteiger partial charge in [-0.05, 0) is 24.4 Å². The Balaban J connectivity index is 2.31. The summed E-state index contributed by atoms with van der Waals surface area (Å²) in [5.41, 5.74) is 1.99. The number of fused-ring (bicyclic) bond motifs is 1. The Labute approximate surface area is 87.1 Å². The van der Waals surface area contributed by atoms with Gasteiger partial charge in [-0.2, -0.15) is 0 Å². The van der Waals surface area contributed by atoms with Gasteiger partial charge in [0.25, 0.3) is 0 Å². The van der Waals surface area contributed by atoms with Crippen LogP contribution < -0.4 is 0 Å². The van der Waals surface area contributed by atoms with E-state index in [1.807, 2.05) is 24.3 Å². The molecule has 0 aliphatic carbocycles. The predicted molar refractivity (Wildman–Crippen MR) is 59.4 cm³/mol. The van der Waals surface area contributed by atoms with Crippen molar-refractivity contribution >= 4 is 28.3 Å². The van der Waals surface area contributed by atoms with Crippen molar-refractivity contribution in [2.45, 2.75) is 6.42 Å². The van der Waals surface area contributed by atoms with E-state index in [4.69, 9.17) is 17.0 Å². The molecule has 0 fully saturated rings. The van der Waals surface area contributed by atoms with E-state index >= 15 is 0 Å². The third kappa shape index (κ3) is 1.75. The van der Waals surface area contributed by atoms with E-state index in [9.17, 15) is 0 Å². The van der Waals surface area contributed by atoms with Crippen LogP contribution in [0.2, 0.25) is 0 Å². The third-order valence-electron chi connectivity index (χ3n) is 1.98. The average molecular weight is 206 g/mol. The SMILES string of the molecule is COC(=S)Cc1nc2ccccc2[nH]1. The Bertz CT molecular complexity index is 431. The lowest BCUT2D eigenvalue weighted by Gasteiger charge is -1.97. The number of hydrogen-bond donors (Lipinski definition) is 1. The zero-order valence-corrected chi connectivity index (χ0v) is 8.60. The molecule has 0 spiro atoms. The number of ether oxygens (including phenoxy) is 1. The van der Waals surface area contributed by atoms with Gasteiger partial charge in [-0.3, -0.25) is 0 Å². The van der Waals surface area contributed by atoms with Gasteiger partial charge < -0.3 is 9.72 Å². The first kappa shape index (κ1) is 9.15. The summed E-state index contributed by atoms with van der Waals surface area (Å²) in [6, 6.07) is 7.88. The maximum absolute atomic E-state index is 4.96. The summed E-state index contributed by atoms with van der Waals surface area (Å²) in [7, 11) is 1.57. The molecule has 0 bridgehead atoms. The molecule has 1 N–H and O–H groups in total. The van der Waals surface area contributed by atoms with Crippen LogP contribution in [0.3, 0.4) is 0 Å². The minimum atomic E-state index is 0.545. The summed E-state index contributed by atoms with van der Waals surface area (Å²) >= 11 is 4.96. The van der Waals surface area contributed by atoms with Crippen LogP contribution >= 0.6 is 12.2 Å². The molecule has 14 heavy (non-hydrogen) atoms. The number of hydrogen-bond acceptors (Lipinski definition) is 3. The number of H-pyrrole nitrogens is 1. The van der Waals surface area contributed by atoms with Crippen LogP contribution in [0, 0.1) is 0 Å². The number of rotatable bonds is 2. The lowest BCUT2D eigenvalue weighted by atomic mass is 10.3. The van der Waals surface area contributed by atoms with Crippen LogP contribution in [0.4, 0.5) is 0 Å². The number of nitrogens with one attached hydrogen (secondary N) is 1. The maximum atomic E-state index is 4.96. The van der Waals surface area contributed by atoms with Gasteiger partial charge in [-0.25, -0.2) is 4.98 Å². The number of aromatic nitrogens is 2. The molecule has 72 valence electrons. The molecule has 0 aliphatic heterocycles. The fourth-order valence-corrected chi connectivity index (χ4v) is 1.43. The van der Waals surface area contributed by atoms with E-state index in [-0.39, 0.29) is 0 Å². The normalized spacial score (nSPS) is 10.4. The zero-order valence-electron chi connectivity index (χ0n) is 7.78. The molecule has 0 amide bonds. The van der Waals surface area contributed by atoms with E-state index < -0.39 is 0 Å². The first-order valence-electron chi connectivity index (χ1n) is 4.30. The van der Waals surface area contributed by atoms with Gasteiger partial charge in [0.05, 0.1) is 24.6 Å². The van der Waals surface area contributed by atoms with Crippen molar-refractivity contribution in [1.29, 1.82) is 0 Å². The molecule has 0 radical (unpaired) electrons. The molecule has 1 heterocycles. The van der Waals surface area contributed by atoms with Crippen LogP contribution in [0.5, 0.6) is 0 Å². The van der Waals surface area contributed by atoms with Crippen molar-refractivity contribution in [3.63, 3.8) is 0 Å². The second-order valence-corrected chi connectivity index (χ2v) is 3.41. The van der Waals surface area contributed by atoms with Gasteiger partial charge in [0.15, 0.2) is 5.05 Å². The molecule has 0 atom stereocenters. The summed E-state index contributed by atoms with van der Waals surface area (Å²) < 4.78 is 4.92. The van der Waals surface area contributed by atoms with Crippen molar-refractivity contribution in [3.8, 4) is 0 Å². The Morgan fingerprint density at radius 2 is 2.29 bits per heavy atom. The van der Waals surface area contributed by atoms with Crippen LogP contribution in [0.1, 0.15) is 5.82 Å². The number of thiocarbonyl (C=S) groups is 1. The summed E-state index contributed by atoms with van der Waals surface area (Å²) in [4.78, 5) is 7.56. The van der Waals surface area contributed by atoms with Gasteiger partial charge in [-0.15, -0.1) is 0 Å². The highest BCUT2D eigenvalue weighted by atomic mass is 32.1. The fourth-order valence-electron chi connectivity index (χ4n) is 1.30. The van der Waals surface area contributed by atoms with E-state index in [1.54, 1.807) is 7.11 Å². The monoisotopic (exact) mass is 206 g/mol. The van der Waals surface area contributed by atoms with Gasteiger partial charge in [0, 0.05) is 0 Å². The molecule has 2 aromatic rings. The molecular weight excluding hydrogens is 196 g/mol. The van der Waals surface area contributed by atoms with E-state index in [1.165, 1.54) is 0 Å². The van der Waals surface area contributed by atoms with Crippen LogP contribution in [0.15, 0.2) is 24.3 Å². The lowest BCUT2D eigenvalue weighted by Crippen LogP contribution is -2.02. The highest BCUT2D eigenvalue weighted by Gasteiger charge is 2.04. The highest BCUT2D eigenvalue weighted by Crippen LogP contribution is 2.10. The Morgan fingerprint density at radius 1 is 1.50 bits per heavy atom. The number of methoxy groups -OCH3 is 1. The molecule has 0 saturated carbocycles. The third-order valence-corrected chi connectivity index (χ3v) is 2.29. The number of benzene rings is 1. The number of aromatic amines is 1. The average Bonchev–Trinajstić information content (AvgIpc) is 2.59. The van der Waals surface area contributed by atoms with E-state index in [0.29, 0.717) is 11.5 Å². The molecular formula is C10H10N2OS. The minimum Gasteiger partial charge on any atom is -0.490 e. The smallest absolute Gasteiger partial charge is 0.166 e. The Morgan fingerprint density at radius 3 is 3.00 bits per heavy atom. The van der Waals surface area contributed by atoms with Gasteiger partial charge >= 0.3 is 0 Å². The summed E-state index contributed by atoms with van der Waals surface area (Å²) in [5, 5.41) is 0.545. The molecule has 1 aromatic heterocycles. The molecule has 0 aliphatic rings. The number of imidazole rings is 1.